The molecule has 2 saturated carbocycles. The zero-order valence-electron chi connectivity index (χ0n) is 14.6. The normalized spacial score (nSPS) is 34.3. The Labute approximate surface area is 199 Å². The number of fused-ring (bicyclic) bond motifs is 14. The minimum absolute atomic E-state index is 0. The predicted octanol–water partition coefficient (Wildman–Crippen LogP) is 3.77. The molecular weight excluding hydrogens is 458 g/mol. The maximum Gasteiger partial charge on any atom is 0 e. The van der Waals surface area contributed by atoms with Gasteiger partial charge in [0, 0.05) is 65.4 Å². The van der Waals surface area contributed by atoms with Crippen molar-refractivity contribution in [3.8, 4) is 0 Å². The van der Waals surface area contributed by atoms with Crippen LogP contribution < -0.4 is 11.5 Å². The summed E-state index contributed by atoms with van der Waals surface area (Å²) in [7, 11) is 0. The zero-order valence-corrected chi connectivity index (χ0v) is 20.3. The number of nitrogens with two attached hydrogens (primary N) is 2. The third kappa shape index (κ3) is 2.06. The van der Waals surface area contributed by atoms with Gasteiger partial charge >= 0.3 is 0 Å². The second kappa shape index (κ2) is 5.87. The van der Waals surface area contributed by atoms with E-state index in [-0.39, 0.29) is 65.4 Å². The first-order chi connectivity index (χ1) is 11.1. The molecule has 2 fully saturated rings. The second-order valence-corrected chi connectivity index (χ2v) is 8.14. The minimum Gasteiger partial charge on any atom is -0.420 e. The first-order valence-electron chi connectivity index (χ1n) is 8.70. The standard InChI is InChI=1S/C21H20N2.2Y/c1-8-3-10(22)5-12-16(8)20-15-7-14(18(12)20)19-13-6-11(23)4-9(2)17(13)21(15)19;;/h3-4,14-15,18-21H,7,22-23H2,1-2H3;;/q-2;;. The molecule has 0 saturated heterocycles. The number of nitrogen functional groups attached to an aromatic ring is 2. The Hall–Kier alpha value is 0.248. The topological polar surface area (TPSA) is 52.0 Å². The fourth-order valence-electron chi connectivity index (χ4n) is 6.77. The van der Waals surface area contributed by atoms with Gasteiger partial charge in [-0.25, -0.2) is 0 Å². The van der Waals surface area contributed by atoms with E-state index in [9.17, 15) is 0 Å². The Kier molecular flexibility index (Phi) is 4.37. The molecule has 0 heterocycles. The molecule has 4 heteroatoms. The largest absolute Gasteiger partial charge is 0.420 e. The molecule has 4 aliphatic rings. The molecule has 2 nitrogen and oxygen atoms in total. The van der Waals surface area contributed by atoms with Gasteiger partial charge in [0.1, 0.15) is 0 Å². The van der Waals surface area contributed by atoms with Crippen molar-refractivity contribution in [2.24, 2.45) is 11.8 Å². The van der Waals surface area contributed by atoms with Crippen LogP contribution in [-0.4, -0.2) is 0 Å². The van der Waals surface area contributed by atoms with Crippen LogP contribution in [0, 0.1) is 37.8 Å². The summed E-state index contributed by atoms with van der Waals surface area (Å²) < 4.78 is 0. The summed E-state index contributed by atoms with van der Waals surface area (Å²) in [5.41, 5.74) is 22.5. The van der Waals surface area contributed by atoms with Gasteiger partial charge in [-0.2, -0.15) is 34.4 Å². The summed E-state index contributed by atoms with van der Waals surface area (Å²) in [6.45, 7) is 4.44. The van der Waals surface area contributed by atoms with Crippen molar-refractivity contribution >= 4 is 11.4 Å². The van der Waals surface area contributed by atoms with Gasteiger partial charge in [-0.3, -0.25) is 0 Å². The summed E-state index contributed by atoms with van der Waals surface area (Å²) in [5.74, 6) is 4.42. The molecule has 122 valence electrons. The fourth-order valence-corrected chi connectivity index (χ4v) is 6.77. The molecule has 4 aliphatic carbocycles. The van der Waals surface area contributed by atoms with E-state index in [0.29, 0.717) is 11.8 Å². The molecule has 0 spiro atoms. The van der Waals surface area contributed by atoms with Crippen molar-refractivity contribution in [3.05, 3.63) is 57.6 Å². The van der Waals surface area contributed by atoms with Crippen molar-refractivity contribution in [3.63, 3.8) is 0 Å². The van der Waals surface area contributed by atoms with Gasteiger partial charge < -0.3 is 11.5 Å². The van der Waals surface area contributed by atoms with Crippen LogP contribution in [0.15, 0.2) is 12.1 Å². The molecule has 4 unspecified atom stereocenters. The number of rotatable bonds is 0. The Bertz CT molecular complexity index is 836. The van der Waals surface area contributed by atoms with Crippen LogP contribution in [0.4, 0.5) is 11.4 Å². The van der Waals surface area contributed by atoms with Crippen molar-refractivity contribution in [1.82, 2.24) is 0 Å². The van der Waals surface area contributed by atoms with Gasteiger partial charge in [0.2, 0.25) is 0 Å². The predicted molar refractivity (Wildman–Crippen MR) is 91.4 cm³/mol. The molecule has 6 rings (SSSR count). The van der Waals surface area contributed by atoms with Gasteiger partial charge in [-0.05, 0) is 30.1 Å². The smallest absolute Gasteiger partial charge is 0 e. The third-order valence-corrected chi connectivity index (χ3v) is 7.23. The second-order valence-electron chi connectivity index (χ2n) is 8.14. The number of benzene rings is 2. The third-order valence-electron chi connectivity index (χ3n) is 7.23. The molecule has 4 atom stereocenters. The van der Waals surface area contributed by atoms with Crippen molar-refractivity contribution in [2.75, 3.05) is 11.5 Å². The van der Waals surface area contributed by atoms with E-state index in [1.165, 1.54) is 28.7 Å². The van der Waals surface area contributed by atoms with E-state index in [0.717, 1.165) is 35.0 Å². The van der Waals surface area contributed by atoms with Crippen molar-refractivity contribution < 1.29 is 65.4 Å². The zero-order chi connectivity index (χ0) is 15.6. The van der Waals surface area contributed by atoms with Gasteiger partial charge in [0.25, 0.3) is 0 Å². The maximum atomic E-state index is 6.06. The van der Waals surface area contributed by atoms with Crippen LogP contribution in [0.1, 0.15) is 63.5 Å². The van der Waals surface area contributed by atoms with Crippen LogP contribution in [0.5, 0.6) is 0 Å². The van der Waals surface area contributed by atoms with Gasteiger partial charge in [-0.15, -0.1) is 23.3 Å². The van der Waals surface area contributed by atoms with Gasteiger partial charge in [0.15, 0.2) is 0 Å². The summed E-state index contributed by atoms with van der Waals surface area (Å²) in [4.78, 5) is 0. The Morgan fingerprint density at radius 3 is 1.60 bits per heavy atom. The summed E-state index contributed by atoms with van der Waals surface area (Å²) >= 11 is 0. The van der Waals surface area contributed by atoms with Crippen LogP contribution >= 0.6 is 0 Å². The van der Waals surface area contributed by atoms with Crippen molar-refractivity contribution in [1.29, 1.82) is 0 Å². The molecule has 2 aromatic rings. The number of anilines is 2. The van der Waals surface area contributed by atoms with E-state index in [1.807, 2.05) is 0 Å². The summed E-state index contributed by atoms with van der Waals surface area (Å²) in [6.07, 6.45) is 1.36. The SMILES string of the molecule is Cc1cc(N)[c-]c2c1C1C3CC(C21)C1c2[c-]c(N)cc(C)c2C31.[Y].[Y]. The number of aryl methyl sites for hydroxylation is 2. The molecule has 0 aliphatic heterocycles. The van der Waals surface area contributed by atoms with E-state index in [1.54, 1.807) is 11.1 Å². The minimum atomic E-state index is 0. The average Bonchev–Trinajstić information content (AvgIpc) is 2.88. The summed E-state index contributed by atoms with van der Waals surface area (Å²) in [5, 5.41) is 0. The van der Waals surface area contributed by atoms with Crippen LogP contribution in [0.25, 0.3) is 0 Å². The molecule has 4 N–H and O–H groups in total. The summed E-state index contributed by atoms with van der Waals surface area (Å²) in [6, 6.07) is 11.2. The van der Waals surface area contributed by atoms with E-state index >= 15 is 0 Å². The molecule has 2 radical (unpaired) electrons. The first kappa shape index (κ1) is 18.6. The monoisotopic (exact) mass is 478 g/mol. The Morgan fingerprint density at radius 1 is 0.760 bits per heavy atom. The quantitative estimate of drug-likeness (QED) is 0.344. The van der Waals surface area contributed by atoms with E-state index < -0.39 is 0 Å². The van der Waals surface area contributed by atoms with Crippen LogP contribution in [0.2, 0.25) is 0 Å². The number of hydrogen-bond acceptors (Lipinski definition) is 2. The van der Waals surface area contributed by atoms with Gasteiger partial charge in [-0.1, -0.05) is 37.1 Å². The Morgan fingerprint density at radius 2 is 1.16 bits per heavy atom. The molecule has 0 amide bonds. The fraction of sp³-hybridized carbons (Fsp3) is 0.429. The van der Waals surface area contributed by atoms with E-state index in [2.05, 4.69) is 38.1 Å². The molecule has 2 bridgehead atoms. The van der Waals surface area contributed by atoms with Crippen molar-refractivity contribution in [2.45, 2.75) is 43.9 Å². The Balaban J connectivity index is 0.000000784. The molecular formula is C21H20N2Y2-2. The van der Waals surface area contributed by atoms with Crippen LogP contribution in [-0.2, 0) is 65.4 Å². The van der Waals surface area contributed by atoms with Crippen LogP contribution in [0.3, 0.4) is 0 Å². The molecule has 25 heavy (non-hydrogen) atoms. The van der Waals surface area contributed by atoms with E-state index in [4.69, 9.17) is 11.5 Å². The number of hydrogen-bond donors (Lipinski definition) is 2. The average molecular weight is 478 g/mol. The molecule has 2 aromatic carbocycles. The maximum absolute atomic E-state index is 6.06. The first-order valence-corrected chi connectivity index (χ1v) is 8.70. The van der Waals surface area contributed by atoms with Gasteiger partial charge in [0.05, 0.1) is 0 Å². The molecule has 0 aromatic heterocycles.